The fourth-order valence-corrected chi connectivity index (χ4v) is 4.16. The maximum absolute atomic E-state index is 13.2. The Morgan fingerprint density at radius 2 is 1.84 bits per heavy atom. The quantitative estimate of drug-likeness (QED) is 0.418. The number of rotatable bonds is 7. The first kappa shape index (κ1) is 20.7. The Labute approximate surface area is 184 Å². The Morgan fingerprint density at radius 1 is 1.10 bits per heavy atom. The Balaban J connectivity index is 1.61. The van der Waals surface area contributed by atoms with Crippen molar-refractivity contribution in [2.75, 3.05) is 12.4 Å². The van der Waals surface area contributed by atoms with E-state index in [1.54, 1.807) is 13.4 Å². The van der Waals surface area contributed by atoms with Gasteiger partial charge in [0.2, 0.25) is 5.91 Å². The first-order valence-electron chi connectivity index (χ1n) is 9.67. The van der Waals surface area contributed by atoms with E-state index >= 15 is 0 Å². The molecule has 0 fully saturated rings. The van der Waals surface area contributed by atoms with E-state index < -0.39 is 5.25 Å². The highest BCUT2D eigenvalue weighted by Gasteiger charge is 2.26. The van der Waals surface area contributed by atoms with Gasteiger partial charge in [-0.3, -0.25) is 4.79 Å². The second-order valence-corrected chi connectivity index (χ2v) is 7.95. The first-order valence-corrected chi connectivity index (χ1v) is 10.5. The highest BCUT2D eigenvalue weighted by molar-refractivity contribution is 8.00. The molecule has 0 saturated carbocycles. The van der Waals surface area contributed by atoms with Crippen LogP contribution in [0.3, 0.4) is 0 Å². The molecule has 0 aliphatic rings. The average Bonchev–Trinajstić information content (AvgIpc) is 3.37. The van der Waals surface area contributed by atoms with Gasteiger partial charge in [-0.2, -0.15) is 0 Å². The summed E-state index contributed by atoms with van der Waals surface area (Å²) in [5.74, 6) is 2.04. The molecule has 0 bridgehead atoms. The van der Waals surface area contributed by atoms with Crippen LogP contribution >= 0.6 is 11.8 Å². The summed E-state index contributed by atoms with van der Waals surface area (Å²) in [7, 11) is 3.49. The van der Waals surface area contributed by atoms with Crippen LogP contribution in [-0.2, 0) is 11.8 Å². The molecule has 2 aromatic carbocycles. The molecule has 7 nitrogen and oxygen atoms in total. The van der Waals surface area contributed by atoms with Crippen LogP contribution in [0.15, 0.2) is 76.5 Å². The molecule has 1 amide bonds. The number of ether oxygens (including phenoxy) is 1. The molecule has 1 unspecified atom stereocenters. The molecule has 8 heteroatoms. The minimum atomic E-state index is -0.510. The second kappa shape index (κ2) is 9.09. The molecule has 0 radical (unpaired) electrons. The Kier molecular flexibility index (Phi) is 6.08. The number of amides is 1. The number of carbonyl (C=O) groups excluding carboxylic acids is 1. The van der Waals surface area contributed by atoms with Crippen LogP contribution in [0.4, 0.5) is 5.69 Å². The van der Waals surface area contributed by atoms with Gasteiger partial charge in [0.05, 0.1) is 18.9 Å². The third-order valence-corrected chi connectivity index (χ3v) is 6.14. The fourth-order valence-electron chi connectivity index (χ4n) is 3.16. The number of furan rings is 1. The number of thioether (sulfide) groups is 1. The number of aryl methyl sites for hydroxylation is 1. The molecule has 31 heavy (non-hydrogen) atoms. The lowest BCUT2D eigenvalue weighted by Gasteiger charge is -2.17. The first-order chi connectivity index (χ1) is 15.1. The number of aromatic nitrogens is 3. The number of nitrogens with one attached hydrogen (secondary N) is 1. The van der Waals surface area contributed by atoms with Crippen LogP contribution in [0.25, 0.3) is 11.4 Å². The maximum atomic E-state index is 13.2. The minimum Gasteiger partial charge on any atom is -0.497 e. The smallest absolute Gasteiger partial charge is 0.242 e. The van der Waals surface area contributed by atoms with Gasteiger partial charge in [0.25, 0.3) is 0 Å². The molecule has 0 saturated heterocycles. The zero-order chi connectivity index (χ0) is 21.8. The van der Waals surface area contributed by atoms with Crippen LogP contribution in [0.1, 0.15) is 16.6 Å². The van der Waals surface area contributed by atoms with Crippen molar-refractivity contribution in [2.24, 2.45) is 7.05 Å². The third-order valence-electron chi connectivity index (χ3n) is 4.86. The van der Waals surface area contributed by atoms with Crippen molar-refractivity contribution in [1.82, 2.24) is 14.8 Å². The molecule has 2 heterocycles. The molecule has 0 aliphatic carbocycles. The predicted octanol–water partition coefficient (Wildman–Crippen LogP) is 4.86. The minimum absolute atomic E-state index is 0.148. The number of benzene rings is 2. The number of carbonyl (C=O) groups is 1. The van der Waals surface area contributed by atoms with Crippen LogP contribution in [0, 0.1) is 6.92 Å². The van der Waals surface area contributed by atoms with Crippen LogP contribution in [-0.4, -0.2) is 27.8 Å². The van der Waals surface area contributed by atoms with Gasteiger partial charge in [0.15, 0.2) is 11.0 Å². The lowest BCUT2D eigenvalue weighted by Crippen LogP contribution is -2.19. The van der Waals surface area contributed by atoms with Gasteiger partial charge in [-0.05, 0) is 42.8 Å². The molecule has 1 N–H and O–H groups in total. The molecule has 0 aliphatic heterocycles. The van der Waals surface area contributed by atoms with Gasteiger partial charge in [0, 0.05) is 12.7 Å². The summed E-state index contributed by atoms with van der Waals surface area (Å²) in [6.45, 7) is 1.88. The summed E-state index contributed by atoms with van der Waals surface area (Å²) >= 11 is 1.35. The van der Waals surface area contributed by atoms with Crippen LogP contribution < -0.4 is 10.1 Å². The fraction of sp³-hybridized carbons (Fsp3) is 0.174. The number of hydrogen-bond donors (Lipinski definition) is 1. The zero-order valence-corrected chi connectivity index (χ0v) is 18.2. The van der Waals surface area contributed by atoms with Crippen molar-refractivity contribution in [3.8, 4) is 17.1 Å². The number of methoxy groups -OCH3 is 1. The largest absolute Gasteiger partial charge is 0.497 e. The third kappa shape index (κ3) is 4.49. The van der Waals surface area contributed by atoms with Crippen LogP contribution in [0.2, 0.25) is 0 Å². The summed E-state index contributed by atoms with van der Waals surface area (Å²) in [4.78, 5) is 13.2. The van der Waals surface area contributed by atoms with Crippen molar-refractivity contribution in [3.05, 3.63) is 78.3 Å². The predicted molar refractivity (Wildman–Crippen MR) is 120 cm³/mol. The van der Waals surface area contributed by atoms with Crippen LogP contribution in [0.5, 0.6) is 5.75 Å². The van der Waals surface area contributed by atoms with E-state index in [1.807, 2.05) is 79.2 Å². The molecule has 1 atom stereocenters. The Bertz CT molecular complexity index is 1170. The molecule has 4 rings (SSSR count). The Morgan fingerprint density at radius 3 is 2.48 bits per heavy atom. The van der Waals surface area contributed by atoms with E-state index in [-0.39, 0.29) is 5.91 Å². The topological polar surface area (TPSA) is 82.2 Å². The van der Waals surface area contributed by atoms with Gasteiger partial charge in [0.1, 0.15) is 16.8 Å². The standard InChI is InChI=1S/C23H22N4O3S/c1-15-19(13-14-30-15)21-25-26-23(27(21)2)31-20(16-7-5-4-6-8-16)22(28)24-17-9-11-18(29-3)12-10-17/h4-14,20H,1-3H3,(H,24,28). The van der Waals surface area contributed by atoms with Gasteiger partial charge in [-0.25, -0.2) is 0 Å². The molecular formula is C23H22N4O3S. The molecular weight excluding hydrogens is 412 g/mol. The normalized spacial score (nSPS) is 11.8. The van der Waals surface area contributed by atoms with Crippen molar-refractivity contribution >= 4 is 23.4 Å². The summed E-state index contributed by atoms with van der Waals surface area (Å²) in [5.41, 5.74) is 2.45. The van der Waals surface area contributed by atoms with E-state index in [4.69, 9.17) is 9.15 Å². The average molecular weight is 435 g/mol. The molecule has 4 aromatic rings. The maximum Gasteiger partial charge on any atom is 0.242 e. The van der Waals surface area contributed by atoms with E-state index in [2.05, 4.69) is 15.5 Å². The van der Waals surface area contributed by atoms with E-state index in [9.17, 15) is 4.79 Å². The SMILES string of the molecule is COc1ccc(NC(=O)C(Sc2nnc(-c3ccoc3C)n2C)c2ccccc2)cc1. The highest BCUT2D eigenvalue weighted by atomic mass is 32.2. The monoisotopic (exact) mass is 434 g/mol. The number of nitrogens with zero attached hydrogens (tertiary/aromatic N) is 3. The number of anilines is 1. The zero-order valence-electron chi connectivity index (χ0n) is 17.4. The van der Waals surface area contributed by atoms with Crippen molar-refractivity contribution in [3.63, 3.8) is 0 Å². The van der Waals surface area contributed by atoms with Crippen molar-refractivity contribution < 1.29 is 13.9 Å². The molecule has 158 valence electrons. The summed E-state index contributed by atoms with van der Waals surface area (Å²) in [5, 5.41) is 11.8. The Hall–Kier alpha value is -3.52. The summed E-state index contributed by atoms with van der Waals surface area (Å²) in [6.07, 6.45) is 1.63. The van der Waals surface area contributed by atoms with Gasteiger partial charge < -0.3 is 19.0 Å². The second-order valence-electron chi connectivity index (χ2n) is 6.88. The van der Waals surface area contributed by atoms with Crippen molar-refractivity contribution in [2.45, 2.75) is 17.3 Å². The van der Waals surface area contributed by atoms with Gasteiger partial charge >= 0.3 is 0 Å². The van der Waals surface area contributed by atoms with Gasteiger partial charge in [-0.15, -0.1) is 10.2 Å². The summed E-state index contributed by atoms with van der Waals surface area (Å²) in [6, 6.07) is 18.7. The van der Waals surface area contributed by atoms with E-state index in [1.165, 1.54) is 11.8 Å². The summed E-state index contributed by atoms with van der Waals surface area (Å²) < 4.78 is 12.5. The lowest BCUT2D eigenvalue weighted by molar-refractivity contribution is -0.115. The van der Waals surface area contributed by atoms with Crippen molar-refractivity contribution in [1.29, 1.82) is 0 Å². The molecule has 2 aromatic heterocycles. The lowest BCUT2D eigenvalue weighted by atomic mass is 10.1. The highest BCUT2D eigenvalue weighted by Crippen LogP contribution is 2.36. The number of hydrogen-bond acceptors (Lipinski definition) is 6. The van der Waals surface area contributed by atoms with E-state index in [0.29, 0.717) is 16.7 Å². The van der Waals surface area contributed by atoms with E-state index in [0.717, 1.165) is 22.6 Å². The van der Waals surface area contributed by atoms with Gasteiger partial charge in [-0.1, -0.05) is 42.1 Å². The molecule has 0 spiro atoms.